The van der Waals surface area contributed by atoms with Crippen LogP contribution in [0, 0.1) is 0 Å². The number of carbonyl (C=O) groups excluding carboxylic acids is 1. The second kappa shape index (κ2) is 8.88. The van der Waals surface area contributed by atoms with Crippen LogP contribution in [0.25, 0.3) is 11.3 Å². The van der Waals surface area contributed by atoms with Gasteiger partial charge in [0.15, 0.2) is 11.7 Å². The fraction of sp³-hybridized carbons (Fsp3) is 0.200. The number of amides is 1. The molecular formula is C20H18Cl2N2O2. The van der Waals surface area contributed by atoms with E-state index in [0.29, 0.717) is 41.1 Å². The maximum atomic E-state index is 12.0. The predicted molar refractivity (Wildman–Crippen MR) is 103 cm³/mol. The molecule has 2 aromatic carbocycles. The summed E-state index contributed by atoms with van der Waals surface area (Å²) in [5, 5.41) is 3.97. The van der Waals surface area contributed by atoms with E-state index in [1.807, 2.05) is 30.3 Å². The van der Waals surface area contributed by atoms with Crippen molar-refractivity contribution in [2.24, 2.45) is 0 Å². The number of aromatic nitrogens is 1. The van der Waals surface area contributed by atoms with Crippen molar-refractivity contribution in [1.82, 2.24) is 10.3 Å². The van der Waals surface area contributed by atoms with Crippen molar-refractivity contribution in [2.75, 3.05) is 6.54 Å². The van der Waals surface area contributed by atoms with Crippen molar-refractivity contribution in [3.8, 4) is 11.3 Å². The Balaban J connectivity index is 1.47. The highest BCUT2D eigenvalue weighted by Gasteiger charge is 2.11. The average molecular weight is 389 g/mol. The molecule has 0 saturated carbocycles. The van der Waals surface area contributed by atoms with Gasteiger partial charge in [-0.05, 0) is 30.2 Å². The molecule has 0 aliphatic rings. The van der Waals surface area contributed by atoms with Crippen LogP contribution < -0.4 is 5.32 Å². The summed E-state index contributed by atoms with van der Waals surface area (Å²) in [6, 6.07) is 15.2. The molecule has 3 aromatic rings. The zero-order chi connectivity index (χ0) is 18.4. The van der Waals surface area contributed by atoms with Crippen molar-refractivity contribution in [3.05, 3.63) is 76.2 Å². The first kappa shape index (κ1) is 18.5. The van der Waals surface area contributed by atoms with Crippen molar-refractivity contribution >= 4 is 29.1 Å². The monoisotopic (exact) mass is 388 g/mol. The SMILES string of the molecule is O=C(CCc1ncc(-c2ccc(Cl)cc2Cl)o1)NCCc1ccccc1. The first-order valence-electron chi connectivity index (χ1n) is 8.32. The molecule has 0 atom stereocenters. The third-order valence-corrected chi connectivity index (χ3v) is 4.44. The Hall–Kier alpha value is -2.30. The molecule has 0 fully saturated rings. The van der Waals surface area contributed by atoms with Gasteiger partial charge in [-0.2, -0.15) is 0 Å². The summed E-state index contributed by atoms with van der Waals surface area (Å²) >= 11 is 12.1. The minimum Gasteiger partial charge on any atom is -0.441 e. The van der Waals surface area contributed by atoms with Crippen LogP contribution in [-0.2, 0) is 17.6 Å². The lowest BCUT2D eigenvalue weighted by Gasteiger charge is -2.04. The molecule has 0 spiro atoms. The van der Waals surface area contributed by atoms with Gasteiger partial charge in [-0.3, -0.25) is 4.79 Å². The smallest absolute Gasteiger partial charge is 0.220 e. The van der Waals surface area contributed by atoms with Gasteiger partial charge in [0, 0.05) is 30.0 Å². The van der Waals surface area contributed by atoms with Gasteiger partial charge in [-0.1, -0.05) is 53.5 Å². The Morgan fingerprint density at radius 3 is 2.65 bits per heavy atom. The second-order valence-electron chi connectivity index (χ2n) is 5.83. The van der Waals surface area contributed by atoms with Crippen LogP contribution in [0.4, 0.5) is 0 Å². The molecule has 1 N–H and O–H groups in total. The van der Waals surface area contributed by atoms with Gasteiger partial charge in [0.1, 0.15) is 0 Å². The summed E-state index contributed by atoms with van der Waals surface area (Å²) in [5.74, 6) is 1.04. The number of hydrogen-bond donors (Lipinski definition) is 1. The van der Waals surface area contributed by atoms with Gasteiger partial charge in [0.2, 0.25) is 5.91 Å². The van der Waals surface area contributed by atoms with Gasteiger partial charge in [-0.15, -0.1) is 0 Å². The maximum absolute atomic E-state index is 12.0. The first-order valence-corrected chi connectivity index (χ1v) is 9.08. The highest BCUT2D eigenvalue weighted by Crippen LogP contribution is 2.30. The van der Waals surface area contributed by atoms with Crippen molar-refractivity contribution in [2.45, 2.75) is 19.3 Å². The van der Waals surface area contributed by atoms with E-state index in [2.05, 4.69) is 10.3 Å². The lowest BCUT2D eigenvalue weighted by Crippen LogP contribution is -2.25. The molecular weight excluding hydrogens is 371 g/mol. The van der Waals surface area contributed by atoms with E-state index in [-0.39, 0.29) is 5.91 Å². The second-order valence-corrected chi connectivity index (χ2v) is 6.67. The van der Waals surface area contributed by atoms with E-state index in [4.69, 9.17) is 27.6 Å². The molecule has 1 aromatic heterocycles. The van der Waals surface area contributed by atoms with Crippen LogP contribution >= 0.6 is 23.2 Å². The first-order chi connectivity index (χ1) is 12.6. The molecule has 26 heavy (non-hydrogen) atoms. The zero-order valence-electron chi connectivity index (χ0n) is 14.0. The number of rotatable bonds is 7. The van der Waals surface area contributed by atoms with Crippen LogP contribution in [0.3, 0.4) is 0 Å². The van der Waals surface area contributed by atoms with Crippen LogP contribution in [0.2, 0.25) is 10.0 Å². The zero-order valence-corrected chi connectivity index (χ0v) is 15.6. The summed E-state index contributed by atoms with van der Waals surface area (Å²) in [4.78, 5) is 16.2. The summed E-state index contributed by atoms with van der Waals surface area (Å²) in [6.07, 6.45) is 3.17. The van der Waals surface area contributed by atoms with E-state index in [0.717, 1.165) is 12.0 Å². The molecule has 4 nitrogen and oxygen atoms in total. The molecule has 0 unspecified atom stereocenters. The van der Waals surface area contributed by atoms with Crippen molar-refractivity contribution in [3.63, 3.8) is 0 Å². The topological polar surface area (TPSA) is 55.1 Å². The van der Waals surface area contributed by atoms with Gasteiger partial charge in [0.05, 0.1) is 11.2 Å². The van der Waals surface area contributed by atoms with Gasteiger partial charge in [-0.25, -0.2) is 4.98 Å². The molecule has 1 amide bonds. The van der Waals surface area contributed by atoms with E-state index >= 15 is 0 Å². The molecule has 3 rings (SSSR count). The Morgan fingerprint density at radius 1 is 1.08 bits per heavy atom. The Bertz CT molecular complexity index is 879. The lowest BCUT2D eigenvalue weighted by molar-refractivity contribution is -0.121. The van der Waals surface area contributed by atoms with E-state index < -0.39 is 0 Å². The Kier molecular flexibility index (Phi) is 6.31. The number of carbonyl (C=O) groups is 1. The van der Waals surface area contributed by atoms with Crippen LogP contribution in [0.15, 0.2) is 59.1 Å². The summed E-state index contributed by atoms with van der Waals surface area (Å²) < 4.78 is 5.70. The van der Waals surface area contributed by atoms with Crippen LogP contribution in [0.5, 0.6) is 0 Å². The molecule has 0 bridgehead atoms. The molecule has 6 heteroatoms. The molecule has 1 heterocycles. The number of nitrogens with zero attached hydrogens (tertiary/aromatic N) is 1. The molecule has 0 aliphatic heterocycles. The fourth-order valence-corrected chi connectivity index (χ4v) is 3.04. The number of oxazole rings is 1. The third-order valence-electron chi connectivity index (χ3n) is 3.89. The number of aryl methyl sites for hydroxylation is 1. The summed E-state index contributed by atoms with van der Waals surface area (Å²) in [6.45, 7) is 0.611. The highest BCUT2D eigenvalue weighted by atomic mass is 35.5. The fourth-order valence-electron chi connectivity index (χ4n) is 2.54. The van der Waals surface area contributed by atoms with Crippen molar-refractivity contribution < 1.29 is 9.21 Å². The number of halogens is 2. The van der Waals surface area contributed by atoms with Crippen LogP contribution in [-0.4, -0.2) is 17.4 Å². The Morgan fingerprint density at radius 2 is 1.88 bits per heavy atom. The molecule has 0 aliphatic carbocycles. The van der Waals surface area contributed by atoms with Gasteiger partial charge < -0.3 is 9.73 Å². The average Bonchev–Trinajstić information content (AvgIpc) is 3.09. The highest BCUT2D eigenvalue weighted by molar-refractivity contribution is 6.36. The summed E-state index contributed by atoms with van der Waals surface area (Å²) in [5.41, 5.74) is 1.92. The quantitative estimate of drug-likeness (QED) is 0.623. The van der Waals surface area contributed by atoms with E-state index in [9.17, 15) is 4.79 Å². The summed E-state index contributed by atoms with van der Waals surface area (Å²) in [7, 11) is 0. The largest absolute Gasteiger partial charge is 0.441 e. The van der Waals surface area contributed by atoms with Gasteiger partial charge in [0.25, 0.3) is 0 Å². The third kappa shape index (κ3) is 5.10. The number of benzene rings is 2. The number of nitrogens with one attached hydrogen (secondary N) is 1. The Labute approximate surface area is 162 Å². The van der Waals surface area contributed by atoms with Gasteiger partial charge >= 0.3 is 0 Å². The van der Waals surface area contributed by atoms with Crippen LogP contribution in [0.1, 0.15) is 17.9 Å². The maximum Gasteiger partial charge on any atom is 0.220 e. The molecule has 134 valence electrons. The van der Waals surface area contributed by atoms with E-state index in [1.54, 1.807) is 24.4 Å². The normalized spacial score (nSPS) is 10.7. The minimum absolute atomic E-state index is 0.0230. The lowest BCUT2D eigenvalue weighted by atomic mass is 10.1. The minimum atomic E-state index is -0.0230. The van der Waals surface area contributed by atoms with E-state index in [1.165, 1.54) is 5.56 Å². The van der Waals surface area contributed by atoms with Crippen molar-refractivity contribution in [1.29, 1.82) is 0 Å². The standard InChI is InChI=1S/C20H18Cl2N2O2/c21-15-6-7-16(17(22)12-15)18-13-24-20(26-18)9-8-19(25)23-11-10-14-4-2-1-3-5-14/h1-7,12-13H,8-11H2,(H,23,25). The molecule has 0 saturated heterocycles. The molecule has 0 radical (unpaired) electrons. The predicted octanol–water partition coefficient (Wildman–Crippen LogP) is 4.94. The number of hydrogen-bond acceptors (Lipinski definition) is 3.